The maximum Gasteiger partial charge on any atom is 0.262 e. The fourth-order valence-electron chi connectivity index (χ4n) is 2.89. The maximum absolute atomic E-state index is 12.5. The van der Waals surface area contributed by atoms with Crippen LogP contribution in [0.1, 0.15) is 47.8 Å². The third-order valence-electron chi connectivity index (χ3n) is 3.95. The average molecular weight is 341 g/mol. The molecule has 3 N–H and O–H groups in total. The number of primary sulfonamides is 1. The molecule has 22 heavy (non-hydrogen) atoms. The molecule has 8 heteroatoms. The summed E-state index contributed by atoms with van der Waals surface area (Å²) in [5, 5.41) is 17.4. The molecule has 0 saturated heterocycles. The van der Waals surface area contributed by atoms with E-state index in [1.807, 2.05) is 0 Å². The van der Waals surface area contributed by atoms with Crippen LogP contribution >= 0.6 is 11.3 Å². The molecule has 0 aromatic carbocycles. The third kappa shape index (κ3) is 3.48. The molecule has 0 aliphatic heterocycles. The van der Waals surface area contributed by atoms with E-state index in [2.05, 4.69) is 18.3 Å². The minimum absolute atomic E-state index is 0.0434. The van der Waals surface area contributed by atoms with E-state index in [9.17, 15) is 18.5 Å². The van der Waals surface area contributed by atoms with Crippen molar-refractivity contribution in [2.24, 2.45) is 11.1 Å². The standard InChI is InChI=1S/C14H19N3O3S2/c1-9-4-3-5-14(7-9,8-15)17-13(18)12-10(2)6-11(21-12)22(16,19)20/h6,9H,3-5,7H2,1-2H3,(H,17,18)(H2,16,19,20)/t9-,14-/m0/s1. The Labute approximate surface area is 134 Å². The summed E-state index contributed by atoms with van der Waals surface area (Å²) >= 11 is 0.839. The van der Waals surface area contributed by atoms with Crippen molar-refractivity contribution in [1.82, 2.24) is 5.32 Å². The highest BCUT2D eigenvalue weighted by Crippen LogP contribution is 2.33. The van der Waals surface area contributed by atoms with Gasteiger partial charge in [0.2, 0.25) is 10.0 Å². The summed E-state index contributed by atoms with van der Waals surface area (Å²) in [5.41, 5.74) is -0.323. The lowest BCUT2D eigenvalue weighted by atomic mass is 9.77. The van der Waals surface area contributed by atoms with Gasteiger partial charge in [-0.05, 0) is 43.7 Å². The molecule has 1 fully saturated rings. The summed E-state index contributed by atoms with van der Waals surface area (Å²) in [7, 11) is -3.83. The molecule has 1 aromatic rings. The Bertz CT molecular complexity index is 733. The first-order chi connectivity index (χ1) is 10.2. The van der Waals surface area contributed by atoms with Gasteiger partial charge in [0.15, 0.2) is 0 Å². The van der Waals surface area contributed by atoms with E-state index >= 15 is 0 Å². The smallest absolute Gasteiger partial charge is 0.262 e. The molecular formula is C14H19N3O3S2. The molecule has 1 aliphatic rings. The molecule has 120 valence electrons. The van der Waals surface area contributed by atoms with Gasteiger partial charge in [-0.1, -0.05) is 13.3 Å². The quantitative estimate of drug-likeness (QED) is 0.874. The SMILES string of the molecule is Cc1cc(S(N)(=O)=O)sc1C(=O)N[C@@]1(C#N)CCC[C@H](C)C1. The van der Waals surface area contributed by atoms with Crippen LogP contribution in [0.15, 0.2) is 10.3 Å². The molecule has 1 aromatic heterocycles. The van der Waals surface area contributed by atoms with Crippen LogP contribution in [0, 0.1) is 24.2 Å². The van der Waals surface area contributed by atoms with Crippen LogP contribution in [-0.4, -0.2) is 19.9 Å². The van der Waals surface area contributed by atoms with Crippen LogP contribution in [-0.2, 0) is 10.0 Å². The van der Waals surface area contributed by atoms with Gasteiger partial charge in [0.05, 0.1) is 10.9 Å². The summed E-state index contributed by atoms with van der Waals surface area (Å²) in [4.78, 5) is 12.7. The number of sulfonamides is 1. The Morgan fingerprint density at radius 3 is 2.77 bits per heavy atom. The topological polar surface area (TPSA) is 113 Å². The van der Waals surface area contributed by atoms with Gasteiger partial charge in [0.1, 0.15) is 9.75 Å². The zero-order valence-electron chi connectivity index (χ0n) is 12.5. The van der Waals surface area contributed by atoms with Crippen molar-refractivity contribution in [2.45, 2.75) is 49.3 Å². The van der Waals surface area contributed by atoms with Crippen LogP contribution < -0.4 is 10.5 Å². The lowest BCUT2D eigenvalue weighted by Crippen LogP contribution is -2.50. The zero-order valence-corrected chi connectivity index (χ0v) is 14.2. The Hall–Kier alpha value is -1.43. The first-order valence-corrected chi connectivity index (χ1v) is 9.40. The lowest BCUT2D eigenvalue weighted by molar-refractivity contribution is 0.0894. The van der Waals surface area contributed by atoms with Crippen molar-refractivity contribution in [3.63, 3.8) is 0 Å². The number of nitrogens with one attached hydrogen (secondary N) is 1. The molecule has 1 amide bonds. The van der Waals surface area contributed by atoms with E-state index in [0.717, 1.165) is 24.2 Å². The minimum Gasteiger partial charge on any atom is -0.333 e. The van der Waals surface area contributed by atoms with Crippen molar-refractivity contribution >= 4 is 27.3 Å². The molecule has 2 atom stereocenters. The summed E-state index contributed by atoms with van der Waals surface area (Å²) in [6, 6.07) is 3.62. The number of amides is 1. The fourth-order valence-corrected chi connectivity index (χ4v) is 4.74. The Balaban J connectivity index is 2.26. The summed E-state index contributed by atoms with van der Waals surface area (Å²) in [6.45, 7) is 3.72. The summed E-state index contributed by atoms with van der Waals surface area (Å²) in [5.74, 6) is -0.0360. The second kappa shape index (κ2) is 5.99. The first-order valence-electron chi connectivity index (χ1n) is 7.04. The van der Waals surface area contributed by atoms with E-state index in [1.54, 1.807) is 6.92 Å². The molecule has 0 bridgehead atoms. The predicted molar refractivity (Wildman–Crippen MR) is 83.9 cm³/mol. The predicted octanol–water partition coefficient (Wildman–Crippen LogP) is 1.91. The number of nitriles is 1. The molecule has 1 heterocycles. The largest absolute Gasteiger partial charge is 0.333 e. The van der Waals surface area contributed by atoms with Crippen molar-refractivity contribution < 1.29 is 13.2 Å². The molecule has 0 radical (unpaired) electrons. The van der Waals surface area contributed by atoms with E-state index in [0.29, 0.717) is 24.3 Å². The van der Waals surface area contributed by atoms with E-state index in [1.165, 1.54) is 6.07 Å². The molecular weight excluding hydrogens is 322 g/mol. The van der Waals surface area contributed by atoms with E-state index < -0.39 is 21.5 Å². The van der Waals surface area contributed by atoms with Gasteiger partial charge in [-0.3, -0.25) is 4.79 Å². The average Bonchev–Trinajstić information content (AvgIpc) is 2.81. The highest BCUT2D eigenvalue weighted by atomic mass is 32.2. The Morgan fingerprint density at radius 2 is 2.27 bits per heavy atom. The highest BCUT2D eigenvalue weighted by molar-refractivity contribution is 7.91. The second-order valence-corrected chi connectivity index (χ2v) is 8.81. The number of aryl methyl sites for hydroxylation is 1. The summed E-state index contributed by atoms with van der Waals surface area (Å²) < 4.78 is 22.7. The monoisotopic (exact) mass is 341 g/mol. The van der Waals surface area contributed by atoms with Gasteiger partial charge < -0.3 is 5.32 Å². The van der Waals surface area contributed by atoms with Crippen LogP contribution in [0.3, 0.4) is 0 Å². The molecule has 0 unspecified atom stereocenters. The van der Waals surface area contributed by atoms with Gasteiger partial charge in [0, 0.05) is 0 Å². The minimum atomic E-state index is -3.83. The number of nitrogens with two attached hydrogens (primary N) is 1. The van der Waals surface area contributed by atoms with Gasteiger partial charge in [0.25, 0.3) is 5.91 Å². The van der Waals surface area contributed by atoms with Crippen molar-refractivity contribution in [3.05, 3.63) is 16.5 Å². The number of carbonyl (C=O) groups is 1. The van der Waals surface area contributed by atoms with Crippen LogP contribution in [0.25, 0.3) is 0 Å². The first kappa shape index (κ1) is 16.9. The number of nitrogens with zero attached hydrogens (tertiary/aromatic N) is 1. The number of hydrogen-bond donors (Lipinski definition) is 2. The van der Waals surface area contributed by atoms with Crippen molar-refractivity contribution in [2.75, 3.05) is 0 Å². The van der Waals surface area contributed by atoms with Crippen LogP contribution in [0.2, 0.25) is 0 Å². The number of carbonyl (C=O) groups excluding carboxylic acids is 1. The Kier molecular flexibility index (Phi) is 4.61. The van der Waals surface area contributed by atoms with Gasteiger partial charge in [-0.2, -0.15) is 5.26 Å². The highest BCUT2D eigenvalue weighted by Gasteiger charge is 2.37. The van der Waals surface area contributed by atoms with Gasteiger partial charge in [-0.25, -0.2) is 13.6 Å². The van der Waals surface area contributed by atoms with Crippen molar-refractivity contribution in [3.8, 4) is 6.07 Å². The van der Waals surface area contributed by atoms with E-state index in [-0.39, 0.29) is 9.09 Å². The number of rotatable bonds is 3. The number of thiophene rings is 1. The number of hydrogen-bond acceptors (Lipinski definition) is 5. The lowest BCUT2D eigenvalue weighted by Gasteiger charge is -2.34. The second-order valence-electron chi connectivity index (χ2n) is 5.97. The van der Waals surface area contributed by atoms with E-state index in [4.69, 9.17) is 5.14 Å². The summed E-state index contributed by atoms with van der Waals surface area (Å²) in [6.07, 6.45) is 3.17. The molecule has 1 saturated carbocycles. The van der Waals surface area contributed by atoms with Crippen LogP contribution in [0.5, 0.6) is 0 Å². The molecule has 6 nitrogen and oxygen atoms in total. The van der Waals surface area contributed by atoms with Crippen LogP contribution in [0.4, 0.5) is 0 Å². The molecule has 1 aliphatic carbocycles. The maximum atomic E-state index is 12.5. The normalized spacial score (nSPS) is 25.5. The zero-order chi connectivity index (χ0) is 16.5. The molecule has 0 spiro atoms. The van der Waals surface area contributed by atoms with Crippen molar-refractivity contribution in [1.29, 1.82) is 5.26 Å². The van der Waals surface area contributed by atoms with Gasteiger partial charge in [-0.15, -0.1) is 11.3 Å². The third-order valence-corrected chi connectivity index (χ3v) is 6.60. The Morgan fingerprint density at radius 1 is 1.59 bits per heavy atom. The molecule has 2 rings (SSSR count). The van der Waals surface area contributed by atoms with Gasteiger partial charge >= 0.3 is 0 Å². The fraction of sp³-hybridized carbons (Fsp3) is 0.571.